The molecule has 7 rings (SSSR count). The van der Waals surface area contributed by atoms with Crippen molar-refractivity contribution >= 4 is 50.2 Å². The molecule has 3 saturated carbocycles. The Balaban J connectivity index is 0.842. The number of para-hydroxylation sites is 1. The van der Waals surface area contributed by atoms with Crippen LogP contribution in [0.2, 0.25) is 0 Å². The molecule has 1 aromatic heterocycles. The van der Waals surface area contributed by atoms with Gasteiger partial charge in [0.25, 0.3) is 5.69 Å². The summed E-state index contributed by atoms with van der Waals surface area (Å²) in [5.41, 5.74) is 2.38. The van der Waals surface area contributed by atoms with Crippen molar-refractivity contribution in [2.75, 3.05) is 26.2 Å². The van der Waals surface area contributed by atoms with Gasteiger partial charge in [-0.1, -0.05) is 90.5 Å². The van der Waals surface area contributed by atoms with Crippen LogP contribution >= 0.6 is 0 Å². The van der Waals surface area contributed by atoms with Crippen molar-refractivity contribution < 1.29 is 37.3 Å². The molecule has 18 nitrogen and oxygen atoms in total. The number of nitro groups is 2. The second-order valence-electron chi connectivity index (χ2n) is 22.8. The summed E-state index contributed by atoms with van der Waals surface area (Å²) in [6.07, 6.45) is 18.9. The van der Waals surface area contributed by atoms with Gasteiger partial charge in [-0.25, -0.2) is 13.0 Å². The van der Waals surface area contributed by atoms with Gasteiger partial charge in [0.05, 0.1) is 9.85 Å². The average Bonchev–Trinajstić information content (AvgIpc) is 4.00. The van der Waals surface area contributed by atoms with Gasteiger partial charge >= 0.3 is 5.69 Å². The summed E-state index contributed by atoms with van der Waals surface area (Å²) < 4.78 is 35.4. The number of sulfonamides is 1. The zero-order valence-corrected chi connectivity index (χ0v) is 45.1. The van der Waals surface area contributed by atoms with Crippen LogP contribution < -0.4 is 16.0 Å². The Morgan fingerprint density at radius 3 is 2.15 bits per heavy atom. The Kier molecular flexibility index (Phi) is 19.1. The minimum absolute atomic E-state index is 0.0103. The van der Waals surface area contributed by atoms with E-state index in [1.54, 1.807) is 6.07 Å². The van der Waals surface area contributed by atoms with Crippen LogP contribution in [0.25, 0.3) is 11.0 Å². The number of amides is 3. The number of nitrogens with zero attached hydrogens (tertiary/aromatic N) is 5. The third-order valence-electron chi connectivity index (χ3n) is 17.8. The molecule has 4 unspecified atom stereocenters. The first kappa shape index (κ1) is 56.4. The van der Waals surface area contributed by atoms with Crippen LogP contribution in [-0.4, -0.2) is 82.8 Å². The van der Waals surface area contributed by atoms with Gasteiger partial charge in [0.1, 0.15) is 5.52 Å². The molecule has 3 amide bonds. The number of aryl methyl sites for hydroxylation is 1. The molecule has 3 N–H and O–H groups in total. The SMILES string of the molecule is CC(C)CCCC(C)[C@H]1CCC2C3CC=C4C[C@@H](N(CCCNC(=O)CCNC(=O)CCNC(=O)CCCCCCc5ccc([N+](=O)[O-])c6nonc56)S(=O)(=O)c5ccccc5[N+](=O)[O-])CC[C@]4(C)C3CC[C@@]21C. The van der Waals surface area contributed by atoms with Gasteiger partial charge < -0.3 is 16.0 Å². The topological polar surface area (TPSA) is 250 Å². The van der Waals surface area contributed by atoms with Crippen LogP contribution in [0, 0.1) is 66.6 Å². The Morgan fingerprint density at radius 2 is 1.43 bits per heavy atom. The van der Waals surface area contributed by atoms with E-state index < -0.39 is 25.6 Å². The lowest BCUT2D eigenvalue weighted by atomic mass is 9.47. The van der Waals surface area contributed by atoms with E-state index in [0.29, 0.717) is 67.2 Å². The van der Waals surface area contributed by atoms with Crippen LogP contribution in [0.4, 0.5) is 11.4 Å². The van der Waals surface area contributed by atoms with Gasteiger partial charge in [0.2, 0.25) is 33.3 Å². The fourth-order valence-corrected chi connectivity index (χ4v) is 15.8. The molecule has 0 aliphatic heterocycles. The number of aromatic nitrogens is 2. The number of non-ortho nitro benzene ring substituents is 1. The van der Waals surface area contributed by atoms with Crippen LogP contribution in [0.3, 0.4) is 0 Å². The highest BCUT2D eigenvalue weighted by atomic mass is 32.2. The largest absolute Gasteiger partial charge is 0.356 e. The van der Waals surface area contributed by atoms with Gasteiger partial charge in [0.15, 0.2) is 4.90 Å². The van der Waals surface area contributed by atoms with Crippen molar-refractivity contribution in [1.82, 2.24) is 30.6 Å². The van der Waals surface area contributed by atoms with Crippen LogP contribution in [0.5, 0.6) is 0 Å². The Hall–Kier alpha value is -5.30. The number of benzene rings is 2. The molecule has 3 fully saturated rings. The van der Waals surface area contributed by atoms with Crippen molar-refractivity contribution in [2.45, 2.75) is 174 Å². The molecule has 0 radical (unpaired) electrons. The molecule has 4 aliphatic carbocycles. The van der Waals surface area contributed by atoms with E-state index in [1.165, 1.54) is 85.2 Å². The molecule has 3 aromatic rings. The van der Waals surface area contributed by atoms with E-state index in [9.17, 15) is 43.0 Å². The van der Waals surface area contributed by atoms with Crippen LogP contribution in [0.1, 0.15) is 162 Å². The normalized spacial score (nSPS) is 24.9. The van der Waals surface area contributed by atoms with Gasteiger partial charge in [-0.15, -0.1) is 0 Å². The number of rotatable bonds is 27. The van der Waals surface area contributed by atoms with Crippen molar-refractivity contribution in [3.8, 4) is 0 Å². The average molecular weight is 1050 g/mol. The summed E-state index contributed by atoms with van der Waals surface area (Å²) >= 11 is 0. The molecule has 1 heterocycles. The fourth-order valence-electron chi connectivity index (χ4n) is 13.9. The lowest BCUT2D eigenvalue weighted by Crippen LogP contribution is -2.53. The number of allylic oxidation sites excluding steroid dienone is 1. The highest BCUT2D eigenvalue weighted by molar-refractivity contribution is 7.89. The lowest BCUT2D eigenvalue weighted by molar-refractivity contribution is -0.387. The summed E-state index contributed by atoms with van der Waals surface area (Å²) in [4.78, 5) is 59.6. The van der Waals surface area contributed by atoms with Crippen molar-refractivity contribution in [3.05, 3.63) is 73.8 Å². The first-order valence-electron chi connectivity index (χ1n) is 27.5. The first-order chi connectivity index (χ1) is 35.3. The Bertz CT molecular complexity index is 2620. The third kappa shape index (κ3) is 13.0. The predicted octanol–water partition coefficient (Wildman–Crippen LogP) is 10.2. The van der Waals surface area contributed by atoms with Crippen LogP contribution in [-0.2, 0) is 30.8 Å². The molecule has 74 heavy (non-hydrogen) atoms. The predicted molar refractivity (Wildman–Crippen MR) is 282 cm³/mol. The fraction of sp³-hybridized carbons (Fsp3) is 0.691. The molecule has 8 atom stereocenters. The summed E-state index contributed by atoms with van der Waals surface area (Å²) in [5.74, 6) is 3.33. The van der Waals surface area contributed by atoms with Gasteiger partial charge in [-0.2, -0.15) is 4.31 Å². The molecule has 0 saturated heterocycles. The van der Waals surface area contributed by atoms with E-state index in [-0.39, 0.29) is 84.3 Å². The van der Waals surface area contributed by atoms with Gasteiger partial charge in [-0.05, 0) is 151 Å². The minimum atomic E-state index is -4.31. The zero-order chi connectivity index (χ0) is 53.2. The lowest BCUT2D eigenvalue weighted by Gasteiger charge is -2.59. The van der Waals surface area contributed by atoms with E-state index in [4.69, 9.17) is 4.63 Å². The van der Waals surface area contributed by atoms with Crippen molar-refractivity contribution in [3.63, 3.8) is 0 Å². The number of nitrogens with one attached hydrogen (secondary N) is 3. The zero-order valence-electron chi connectivity index (χ0n) is 44.3. The Labute approximate surface area is 436 Å². The summed E-state index contributed by atoms with van der Waals surface area (Å²) in [6, 6.07) is 8.22. The van der Waals surface area contributed by atoms with E-state index in [2.05, 4.69) is 67.0 Å². The molecule has 19 heteroatoms. The number of hydrogen-bond donors (Lipinski definition) is 3. The molecular weight excluding hydrogens is 965 g/mol. The number of hydrogen-bond acceptors (Lipinski definition) is 12. The molecule has 0 bridgehead atoms. The number of nitro benzene ring substituents is 2. The number of carbonyl (C=O) groups is 3. The van der Waals surface area contributed by atoms with E-state index in [0.717, 1.165) is 55.4 Å². The second-order valence-corrected chi connectivity index (χ2v) is 24.7. The first-order valence-corrected chi connectivity index (χ1v) is 28.9. The Morgan fingerprint density at radius 1 is 0.757 bits per heavy atom. The summed E-state index contributed by atoms with van der Waals surface area (Å²) in [6.45, 7) is 12.7. The van der Waals surface area contributed by atoms with Gasteiger partial charge in [-0.3, -0.25) is 34.6 Å². The molecule has 406 valence electrons. The maximum Gasteiger partial charge on any atom is 0.300 e. The van der Waals surface area contributed by atoms with Crippen LogP contribution in [0.15, 0.2) is 57.6 Å². The number of fused-ring (bicyclic) bond motifs is 6. The summed E-state index contributed by atoms with van der Waals surface area (Å²) in [7, 11) is -4.31. The van der Waals surface area contributed by atoms with E-state index >= 15 is 0 Å². The van der Waals surface area contributed by atoms with Crippen molar-refractivity contribution in [1.29, 1.82) is 0 Å². The maximum atomic E-state index is 14.6. The smallest absolute Gasteiger partial charge is 0.300 e. The van der Waals surface area contributed by atoms with Crippen molar-refractivity contribution in [2.24, 2.45) is 46.3 Å². The molecule has 4 aliphatic rings. The standard InChI is InChI=1S/C55H80N8O10S/c1-37(2)14-12-15-38(3)43-23-24-44-42-22-21-40-36-41(26-30-54(40,4)45(42)27-31-55(43,44)5)61(74(71,72)48-18-11-10-17-46(48)62(67)68)35-13-32-56-50(65)28-34-58-51(66)29-33-57-49(64)19-9-7-6-8-16-39-20-25-47(63(69)70)53-52(39)59-73-60-53/h10-11,17-18,20-21,25,37-38,41-45H,6-9,12-16,19,22-24,26-36H2,1-5H3,(H,56,65)(H,57,64)(H,58,66)/t38?,41-,42?,43+,44?,45?,54-,55+/m0/s1. The number of carbonyl (C=O) groups excluding carboxylic acids is 3. The maximum absolute atomic E-state index is 14.6. The van der Waals surface area contributed by atoms with Gasteiger partial charge in [0, 0.05) is 63.6 Å². The highest BCUT2D eigenvalue weighted by Gasteiger charge is 2.59. The van der Waals surface area contributed by atoms with E-state index in [1.807, 2.05) is 0 Å². The highest BCUT2D eigenvalue weighted by Crippen LogP contribution is 2.67. The number of unbranched alkanes of at least 4 members (excludes halogenated alkanes) is 3. The summed E-state index contributed by atoms with van der Waals surface area (Å²) in [5, 5.41) is 39.2. The minimum Gasteiger partial charge on any atom is -0.356 e. The monoisotopic (exact) mass is 1040 g/mol. The quantitative estimate of drug-likeness (QED) is 0.0279. The molecular formula is C55H80N8O10S. The molecule has 0 spiro atoms. The second kappa shape index (κ2) is 25.0. The molecule has 2 aromatic carbocycles. The third-order valence-corrected chi connectivity index (χ3v) is 19.8.